The molecule has 0 aromatic heterocycles. The van der Waals surface area contributed by atoms with Crippen LogP contribution in [-0.4, -0.2) is 17.8 Å². The number of halogens is 1. The summed E-state index contributed by atoms with van der Waals surface area (Å²) in [4.78, 5) is 0. The molecule has 1 aromatic carbocycles. The summed E-state index contributed by atoms with van der Waals surface area (Å²) < 4.78 is 19.4. The number of rotatable bonds is 4. The lowest BCUT2D eigenvalue weighted by Crippen LogP contribution is -2.22. The molecule has 1 unspecified atom stereocenters. The van der Waals surface area contributed by atoms with E-state index in [0.717, 1.165) is 0 Å². The Labute approximate surface area is 89.7 Å². The molecule has 0 bridgehead atoms. The maximum absolute atomic E-state index is 13.9. The van der Waals surface area contributed by atoms with Crippen LogP contribution in [0.1, 0.15) is 26.3 Å². The van der Waals surface area contributed by atoms with E-state index in [4.69, 9.17) is 9.84 Å². The SMILES string of the molecule is CC(C)Oc1ccccc1C(C)(F)CO. The fourth-order valence-corrected chi connectivity index (χ4v) is 1.34. The van der Waals surface area contributed by atoms with Gasteiger partial charge >= 0.3 is 0 Å². The van der Waals surface area contributed by atoms with Gasteiger partial charge in [0.1, 0.15) is 5.75 Å². The molecule has 0 fully saturated rings. The summed E-state index contributed by atoms with van der Waals surface area (Å²) in [5, 5.41) is 8.98. The smallest absolute Gasteiger partial charge is 0.159 e. The van der Waals surface area contributed by atoms with Crippen molar-refractivity contribution >= 4 is 0 Å². The highest BCUT2D eigenvalue weighted by Gasteiger charge is 2.28. The average molecular weight is 212 g/mol. The summed E-state index contributed by atoms with van der Waals surface area (Å²) in [6.07, 6.45) is -0.0133. The molecule has 1 rings (SSSR count). The predicted octanol–water partition coefficient (Wildman–Crippen LogP) is 2.65. The minimum atomic E-state index is -1.76. The summed E-state index contributed by atoms with van der Waals surface area (Å²) in [5.74, 6) is 0.492. The molecular formula is C12H17FO2. The minimum absolute atomic E-state index is 0.0133. The van der Waals surface area contributed by atoms with Gasteiger partial charge in [0.25, 0.3) is 0 Å². The quantitative estimate of drug-likeness (QED) is 0.831. The van der Waals surface area contributed by atoms with Crippen LogP contribution in [0.25, 0.3) is 0 Å². The van der Waals surface area contributed by atoms with Crippen LogP contribution in [0.3, 0.4) is 0 Å². The fraction of sp³-hybridized carbons (Fsp3) is 0.500. The molecule has 0 amide bonds. The fourth-order valence-electron chi connectivity index (χ4n) is 1.34. The summed E-state index contributed by atoms with van der Waals surface area (Å²) in [6.45, 7) is 4.55. The van der Waals surface area contributed by atoms with Crippen molar-refractivity contribution in [1.29, 1.82) is 0 Å². The molecular weight excluding hydrogens is 195 g/mol. The van der Waals surface area contributed by atoms with E-state index < -0.39 is 12.3 Å². The Morgan fingerprint density at radius 2 is 2.00 bits per heavy atom. The third-order valence-corrected chi connectivity index (χ3v) is 2.11. The monoisotopic (exact) mass is 212 g/mol. The van der Waals surface area contributed by atoms with Gasteiger partial charge in [-0.1, -0.05) is 18.2 Å². The van der Waals surface area contributed by atoms with Crippen LogP contribution < -0.4 is 4.74 Å². The number of ether oxygens (including phenoxy) is 1. The second kappa shape index (κ2) is 4.62. The van der Waals surface area contributed by atoms with Crippen molar-refractivity contribution in [2.45, 2.75) is 32.5 Å². The molecule has 0 spiro atoms. The van der Waals surface area contributed by atoms with E-state index in [-0.39, 0.29) is 6.10 Å². The van der Waals surface area contributed by atoms with Gasteiger partial charge in [-0.15, -0.1) is 0 Å². The van der Waals surface area contributed by atoms with Crippen LogP contribution in [0, 0.1) is 0 Å². The van der Waals surface area contributed by atoms with Gasteiger partial charge < -0.3 is 9.84 Å². The Balaban J connectivity index is 3.06. The van der Waals surface area contributed by atoms with Gasteiger partial charge in [-0.05, 0) is 26.8 Å². The molecule has 0 aliphatic heterocycles. The summed E-state index contributed by atoms with van der Waals surface area (Å²) in [7, 11) is 0. The molecule has 0 radical (unpaired) electrons. The molecule has 0 saturated heterocycles. The van der Waals surface area contributed by atoms with E-state index in [9.17, 15) is 4.39 Å². The zero-order valence-corrected chi connectivity index (χ0v) is 9.33. The van der Waals surface area contributed by atoms with Crippen molar-refractivity contribution in [2.24, 2.45) is 0 Å². The second-order valence-corrected chi connectivity index (χ2v) is 4.02. The Morgan fingerprint density at radius 3 is 2.53 bits per heavy atom. The molecule has 0 aliphatic carbocycles. The first-order chi connectivity index (χ1) is 6.97. The number of benzene rings is 1. The second-order valence-electron chi connectivity index (χ2n) is 4.02. The van der Waals surface area contributed by atoms with E-state index in [1.807, 2.05) is 13.8 Å². The predicted molar refractivity (Wildman–Crippen MR) is 57.8 cm³/mol. The maximum atomic E-state index is 13.9. The third kappa shape index (κ3) is 2.93. The average Bonchev–Trinajstić information content (AvgIpc) is 2.17. The number of aliphatic hydroxyl groups is 1. The van der Waals surface area contributed by atoms with Crippen molar-refractivity contribution in [3.05, 3.63) is 29.8 Å². The van der Waals surface area contributed by atoms with Crippen LogP contribution in [-0.2, 0) is 5.67 Å². The maximum Gasteiger partial charge on any atom is 0.159 e. The summed E-state index contributed by atoms with van der Waals surface area (Å²) in [6, 6.07) is 6.86. The normalized spacial score (nSPS) is 15.1. The van der Waals surface area contributed by atoms with Crippen molar-refractivity contribution in [3.8, 4) is 5.75 Å². The number of hydrogen-bond acceptors (Lipinski definition) is 2. The largest absolute Gasteiger partial charge is 0.491 e. The topological polar surface area (TPSA) is 29.5 Å². The minimum Gasteiger partial charge on any atom is -0.491 e. The van der Waals surface area contributed by atoms with E-state index in [2.05, 4.69) is 0 Å². The number of alkyl halides is 1. The van der Waals surface area contributed by atoms with Gasteiger partial charge in [0.15, 0.2) is 5.67 Å². The highest BCUT2D eigenvalue weighted by molar-refractivity contribution is 5.37. The van der Waals surface area contributed by atoms with E-state index in [1.165, 1.54) is 6.92 Å². The first-order valence-electron chi connectivity index (χ1n) is 5.03. The van der Waals surface area contributed by atoms with Gasteiger partial charge in [0.2, 0.25) is 0 Å². The summed E-state index contributed by atoms with van der Waals surface area (Å²) >= 11 is 0. The van der Waals surface area contributed by atoms with Crippen LogP contribution in [0.2, 0.25) is 0 Å². The number of hydrogen-bond donors (Lipinski definition) is 1. The molecule has 0 saturated carbocycles. The van der Waals surface area contributed by atoms with Gasteiger partial charge in [-0.25, -0.2) is 4.39 Å². The molecule has 15 heavy (non-hydrogen) atoms. The van der Waals surface area contributed by atoms with Gasteiger partial charge in [-0.2, -0.15) is 0 Å². The van der Waals surface area contributed by atoms with Crippen LogP contribution in [0.4, 0.5) is 4.39 Å². The van der Waals surface area contributed by atoms with Gasteiger partial charge in [0, 0.05) is 5.56 Å². The van der Waals surface area contributed by atoms with Gasteiger partial charge in [0.05, 0.1) is 12.7 Å². The Bertz CT molecular complexity index is 321. The van der Waals surface area contributed by atoms with Gasteiger partial charge in [-0.3, -0.25) is 0 Å². The lowest BCUT2D eigenvalue weighted by Gasteiger charge is -2.22. The molecule has 1 aromatic rings. The van der Waals surface area contributed by atoms with Crippen LogP contribution >= 0.6 is 0 Å². The van der Waals surface area contributed by atoms with Crippen LogP contribution in [0.15, 0.2) is 24.3 Å². The first kappa shape index (κ1) is 12.0. The first-order valence-corrected chi connectivity index (χ1v) is 5.03. The van der Waals surface area contributed by atoms with Crippen LogP contribution in [0.5, 0.6) is 5.75 Å². The van der Waals surface area contributed by atoms with Crippen molar-refractivity contribution < 1.29 is 14.2 Å². The Kier molecular flexibility index (Phi) is 3.69. The Morgan fingerprint density at radius 1 is 1.40 bits per heavy atom. The van der Waals surface area contributed by atoms with Crippen molar-refractivity contribution in [1.82, 2.24) is 0 Å². The highest BCUT2D eigenvalue weighted by Crippen LogP contribution is 2.33. The molecule has 2 nitrogen and oxygen atoms in total. The summed E-state index contributed by atoms with van der Waals surface area (Å²) in [5.41, 5.74) is -1.37. The van der Waals surface area contributed by atoms with Crippen molar-refractivity contribution in [3.63, 3.8) is 0 Å². The zero-order chi connectivity index (χ0) is 11.5. The molecule has 1 N–H and O–H groups in total. The van der Waals surface area contributed by atoms with E-state index in [0.29, 0.717) is 11.3 Å². The van der Waals surface area contributed by atoms with E-state index in [1.54, 1.807) is 24.3 Å². The standard InChI is InChI=1S/C12H17FO2/c1-9(2)15-11-7-5-4-6-10(11)12(3,13)8-14/h4-7,9,14H,8H2,1-3H3. The van der Waals surface area contributed by atoms with Crippen molar-refractivity contribution in [2.75, 3.05) is 6.61 Å². The number of para-hydroxylation sites is 1. The molecule has 3 heteroatoms. The highest BCUT2D eigenvalue weighted by atomic mass is 19.1. The number of aliphatic hydroxyl groups excluding tert-OH is 1. The van der Waals surface area contributed by atoms with E-state index >= 15 is 0 Å². The Hall–Kier alpha value is -1.09. The molecule has 0 aliphatic rings. The lowest BCUT2D eigenvalue weighted by atomic mass is 9.98. The lowest BCUT2D eigenvalue weighted by molar-refractivity contribution is 0.0818. The molecule has 0 heterocycles. The molecule has 1 atom stereocenters. The third-order valence-electron chi connectivity index (χ3n) is 2.11. The molecule has 84 valence electrons. The zero-order valence-electron chi connectivity index (χ0n) is 9.33.